The molecule has 5 nitrogen and oxygen atoms in total. The van der Waals surface area contributed by atoms with Crippen LogP contribution in [-0.2, 0) is 21.4 Å². The average molecular weight is 400 g/mol. The number of amides is 1. The summed E-state index contributed by atoms with van der Waals surface area (Å²) in [6.07, 6.45) is 3.42. The quantitative estimate of drug-likeness (QED) is 0.677. The van der Waals surface area contributed by atoms with E-state index >= 15 is 0 Å². The highest BCUT2D eigenvalue weighted by atomic mass is 35.5. The molecule has 0 aromatic heterocycles. The van der Waals surface area contributed by atoms with Gasteiger partial charge in [-0.05, 0) is 30.5 Å². The van der Waals surface area contributed by atoms with Crippen LogP contribution in [0.25, 0.3) is 0 Å². The first-order chi connectivity index (χ1) is 13.6. The number of hydrogen-bond acceptors (Lipinski definition) is 4. The van der Waals surface area contributed by atoms with Crippen LogP contribution >= 0.6 is 11.6 Å². The molecule has 2 aromatic carbocycles. The van der Waals surface area contributed by atoms with Crippen LogP contribution in [0.1, 0.15) is 29.5 Å². The van der Waals surface area contributed by atoms with Crippen LogP contribution in [0.4, 0.5) is 5.69 Å². The Kier molecular flexibility index (Phi) is 4.25. The van der Waals surface area contributed by atoms with Gasteiger partial charge in [0.1, 0.15) is 23.5 Å². The number of nitrogens with zero attached hydrogens (tertiary/aromatic N) is 1. The molecule has 6 rings (SSSR count). The topological polar surface area (TPSA) is 48.0 Å². The lowest BCUT2D eigenvalue weighted by Crippen LogP contribution is -2.41. The van der Waals surface area contributed by atoms with Crippen molar-refractivity contribution in [2.45, 2.75) is 24.7 Å². The Morgan fingerprint density at radius 1 is 1.04 bits per heavy atom. The molecule has 6 heteroatoms. The number of hydrogen-bond donors (Lipinski definition) is 0. The molecule has 4 heterocycles. The number of anilines is 1. The maximum atomic E-state index is 13.2. The van der Waals surface area contributed by atoms with Gasteiger partial charge < -0.3 is 19.1 Å². The van der Waals surface area contributed by atoms with E-state index in [9.17, 15) is 4.79 Å². The molecule has 1 unspecified atom stereocenters. The first kappa shape index (κ1) is 17.8. The van der Waals surface area contributed by atoms with Gasteiger partial charge >= 0.3 is 0 Å². The molecule has 0 N–H and O–H groups in total. The predicted molar refractivity (Wildman–Crippen MR) is 107 cm³/mol. The number of ether oxygens (including phenoxy) is 3. The third-order valence-corrected chi connectivity index (χ3v) is 6.28. The molecule has 1 fully saturated rings. The van der Waals surface area contributed by atoms with E-state index in [1.165, 1.54) is 12.8 Å². The standard InChI is InChI=1S/C18H14ClNO3.C4H8O/c1-20-16-11(3-2-4-13(16)19)18(17(20)21)9-23-15-8-14-10(5-6-22-14)7-12(15)18;1-2-4-5-3-1/h2-4,7-8H,5-6,9H2,1H3;1-4H2. The third-order valence-electron chi connectivity index (χ3n) is 5.97. The molecule has 28 heavy (non-hydrogen) atoms. The van der Waals surface area contributed by atoms with Crippen molar-refractivity contribution in [2.24, 2.45) is 0 Å². The summed E-state index contributed by atoms with van der Waals surface area (Å²) >= 11 is 6.36. The second-order valence-electron chi connectivity index (χ2n) is 7.57. The smallest absolute Gasteiger partial charge is 0.245 e. The van der Waals surface area contributed by atoms with Crippen molar-refractivity contribution in [2.75, 3.05) is 38.4 Å². The molecule has 4 aliphatic heterocycles. The van der Waals surface area contributed by atoms with Crippen molar-refractivity contribution < 1.29 is 19.0 Å². The largest absolute Gasteiger partial charge is 0.493 e. The number of likely N-dealkylation sites (N-methyl/N-ethyl adjacent to an activating group) is 1. The van der Waals surface area contributed by atoms with Crippen molar-refractivity contribution in [3.8, 4) is 11.5 Å². The molecular weight excluding hydrogens is 378 g/mol. The van der Waals surface area contributed by atoms with Crippen LogP contribution in [0, 0.1) is 0 Å². The van der Waals surface area contributed by atoms with E-state index in [-0.39, 0.29) is 5.91 Å². The second kappa shape index (κ2) is 6.68. The van der Waals surface area contributed by atoms with Crippen molar-refractivity contribution in [1.29, 1.82) is 0 Å². The highest BCUT2D eigenvalue weighted by Crippen LogP contribution is 2.54. The fraction of sp³-hybridized carbons (Fsp3) is 0.409. The molecule has 0 bridgehead atoms. The molecule has 1 spiro atoms. The minimum atomic E-state index is -0.790. The number of halogens is 1. The Bertz CT molecular complexity index is 948. The van der Waals surface area contributed by atoms with Gasteiger partial charge in [0.25, 0.3) is 0 Å². The summed E-state index contributed by atoms with van der Waals surface area (Å²) in [5.74, 6) is 1.62. The molecule has 1 saturated heterocycles. The first-order valence-corrected chi connectivity index (χ1v) is 10.1. The molecule has 146 valence electrons. The lowest BCUT2D eigenvalue weighted by atomic mass is 9.76. The fourth-order valence-electron chi connectivity index (χ4n) is 4.54. The Morgan fingerprint density at radius 2 is 1.86 bits per heavy atom. The number of benzene rings is 2. The molecule has 2 aromatic rings. The minimum Gasteiger partial charge on any atom is -0.493 e. The summed E-state index contributed by atoms with van der Waals surface area (Å²) < 4.78 is 16.5. The monoisotopic (exact) mass is 399 g/mol. The van der Waals surface area contributed by atoms with E-state index in [1.807, 2.05) is 24.3 Å². The van der Waals surface area contributed by atoms with Gasteiger partial charge in [0.2, 0.25) is 5.91 Å². The fourth-order valence-corrected chi connectivity index (χ4v) is 4.84. The lowest BCUT2D eigenvalue weighted by molar-refractivity contribution is -0.121. The molecule has 4 aliphatic rings. The summed E-state index contributed by atoms with van der Waals surface area (Å²) in [6.45, 7) is 2.99. The Hall–Kier alpha value is -2.24. The Balaban J connectivity index is 0.000000300. The average Bonchev–Trinajstić information content (AvgIpc) is 3.48. The zero-order valence-electron chi connectivity index (χ0n) is 15.8. The third kappa shape index (κ3) is 2.46. The zero-order valence-corrected chi connectivity index (χ0v) is 16.6. The van der Waals surface area contributed by atoms with Crippen LogP contribution in [0.2, 0.25) is 5.02 Å². The summed E-state index contributed by atoms with van der Waals surface area (Å²) in [6, 6.07) is 9.68. The SMILES string of the molecule is C1CCOC1.CN1C(=O)C2(COc3cc4c(cc32)CCO4)c2cccc(Cl)c21. The highest BCUT2D eigenvalue weighted by molar-refractivity contribution is 6.35. The highest BCUT2D eigenvalue weighted by Gasteiger charge is 2.56. The van der Waals surface area contributed by atoms with Gasteiger partial charge in [-0.15, -0.1) is 0 Å². The number of carbonyl (C=O) groups excluding carboxylic acids is 1. The van der Waals surface area contributed by atoms with E-state index in [2.05, 4.69) is 6.07 Å². The maximum absolute atomic E-state index is 13.2. The van der Waals surface area contributed by atoms with E-state index in [4.69, 9.17) is 25.8 Å². The summed E-state index contributed by atoms with van der Waals surface area (Å²) in [5.41, 5.74) is 2.99. The van der Waals surface area contributed by atoms with E-state index < -0.39 is 5.41 Å². The van der Waals surface area contributed by atoms with Gasteiger partial charge in [0.05, 0.1) is 17.3 Å². The van der Waals surface area contributed by atoms with Gasteiger partial charge in [-0.2, -0.15) is 0 Å². The zero-order chi connectivity index (χ0) is 19.3. The van der Waals surface area contributed by atoms with Gasteiger partial charge in [-0.3, -0.25) is 4.79 Å². The molecule has 1 amide bonds. The molecule has 0 radical (unpaired) electrons. The van der Waals surface area contributed by atoms with Crippen LogP contribution in [0.15, 0.2) is 30.3 Å². The lowest BCUT2D eigenvalue weighted by Gasteiger charge is -2.21. The van der Waals surface area contributed by atoms with Crippen molar-refractivity contribution in [3.05, 3.63) is 52.0 Å². The van der Waals surface area contributed by atoms with Crippen molar-refractivity contribution >= 4 is 23.2 Å². The predicted octanol–water partition coefficient (Wildman–Crippen LogP) is 3.73. The van der Waals surface area contributed by atoms with Crippen molar-refractivity contribution in [1.82, 2.24) is 0 Å². The van der Waals surface area contributed by atoms with Gasteiger partial charge in [-0.1, -0.05) is 23.7 Å². The van der Waals surface area contributed by atoms with Crippen LogP contribution in [-0.4, -0.2) is 39.4 Å². The van der Waals surface area contributed by atoms with Gasteiger partial charge in [-0.25, -0.2) is 0 Å². The van der Waals surface area contributed by atoms with Crippen LogP contribution in [0.3, 0.4) is 0 Å². The summed E-state index contributed by atoms with van der Waals surface area (Å²) in [4.78, 5) is 14.8. The maximum Gasteiger partial charge on any atom is 0.245 e. The van der Waals surface area contributed by atoms with E-state index in [1.54, 1.807) is 11.9 Å². The number of carbonyl (C=O) groups is 1. The van der Waals surface area contributed by atoms with Crippen LogP contribution in [0.5, 0.6) is 11.5 Å². The minimum absolute atomic E-state index is 0.0122. The molecule has 1 atom stereocenters. The molecular formula is C22H22ClNO4. The normalized spacial score (nSPS) is 23.6. The number of fused-ring (bicyclic) bond motifs is 5. The molecule has 0 saturated carbocycles. The number of rotatable bonds is 0. The van der Waals surface area contributed by atoms with E-state index in [0.29, 0.717) is 18.2 Å². The van der Waals surface area contributed by atoms with Crippen molar-refractivity contribution in [3.63, 3.8) is 0 Å². The molecule has 0 aliphatic carbocycles. The van der Waals surface area contributed by atoms with Crippen LogP contribution < -0.4 is 14.4 Å². The summed E-state index contributed by atoms with van der Waals surface area (Å²) in [5, 5.41) is 0.591. The van der Waals surface area contributed by atoms with E-state index in [0.717, 1.165) is 53.5 Å². The van der Waals surface area contributed by atoms with Gasteiger partial charge in [0.15, 0.2) is 0 Å². The Morgan fingerprint density at radius 3 is 2.61 bits per heavy atom. The summed E-state index contributed by atoms with van der Waals surface area (Å²) in [7, 11) is 1.77. The first-order valence-electron chi connectivity index (χ1n) is 9.71. The second-order valence-corrected chi connectivity index (χ2v) is 7.98. The number of para-hydroxylation sites is 1. The van der Waals surface area contributed by atoms with Gasteiger partial charge in [0, 0.05) is 43.9 Å². The Labute approximate surface area is 169 Å².